The van der Waals surface area contributed by atoms with Crippen LogP contribution in [0.25, 0.3) is 6.08 Å². The van der Waals surface area contributed by atoms with Crippen molar-refractivity contribution in [3.05, 3.63) is 38.2 Å². The minimum atomic E-state index is -0.970. The largest absolute Gasteiger partial charge is 0.449 e. The Morgan fingerprint density at radius 1 is 1.36 bits per heavy atom. The van der Waals surface area contributed by atoms with Gasteiger partial charge in [0.15, 0.2) is 6.10 Å². The molecule has 6 nitrogen and oxygen atoms in total. The van der Waals surface area contributed by atoms with Crippen LogP contribution in [0, 0.1) is 18.3 Å². The van der Waals surface area contributed by atoms with Gasteiger partial charge in [-0.25, -0.2) is 9.78 Å². The second-order valence-electron chi connectivity index (χ2n) is 6.57. The van der Waals surface area contributed by atoms with Gasteiger partial charge in [-0.2, -0.15) is 5.26 Å². The number of thiazole rings is 1. The number of nitrogens with zero attached hydrogens (tertiary/aromatic N) is 2. The van der Waals surface area contributed by atoms with E-state index in [-0.39, 0.29) is 0 Å². The normalized spacial score (nSPS) is 14.8. The Labute approximate surface area is 171 Å². The predicted octanol–water partition coefficient (Wildman–Crippen LogP) is 4.24. The van der Waals surface area contributed by atoms with Gasteiger partial charge in [-0.05, 0) is 51.2 Å². The average molecular weight is 416 g/mol. The summed E-state index contributed by atoms with van der Waals surface area (Å²) in [6.45, 7) is 3.39. The molecule has 2 aromatic rings. The van der Waals surface area contributed by atoms with Crippen molar-refractivity contribution in [2.45, 2.75) is 52.1 Å². The van der Waals surface area contributed by atoms with E-state index in [1.807, 2.05) is 12.3 Å². The first kappa shape index (κ1) is 20.2. The van der Waals surface area contributed by atoms with Crippen molar-refractivity contribution in [2.75, 3.05) is 5.32 Å². The predicted molar refractivity (Wildman–Crippen MR) is 110 cm³/mol. The van der Waals surface area contributed by atoms with Gasteiger partial charge in [-0.15, -0.1) is 22.7 Å². The number of hydrogen-bond acceptors (Lipinski definition) is 7. The van der Waals surface area contributed by atoms with Crippen LogP contribution in [0.1, 0.15) is 52.9 Å². The molecule has 0 aliphatic heterocycles. The number of carbonyl (C=O) groups excluding carboxylic acids is 2. The molecule has 8 heteroatoms. The Kier molecular flexibility index (Phi) is 6.60. The number of ether oxygens (including phenoxy) is 1. The monoisotopic (exact) mass is 415 g/mol. The lowest BCUT2D eigenvalue weighted by atomic mass is 10.1. The van der Waals surface area contributed by atoms with Gasteiger partial charge in [0, 0.05) is 16.3 Å². The van der Waals surface area contributed by atoms with Gasteiger partial charge in [0.1, 0.15) is 11.1 Å². The first-order chi connectivity index (χ1) is 13.5. The summed E-state index contributed by atoms with van der Waals surface area (Å²) in [5.74, 6) is -1.06. The number of carbonyl (C=O) groups is 2. The molecular formula is C20H21N3O3S2. The van der Waals surface area contributed by atoms with Crippen LogP contribution in [0.2, 0.25) is 0 Å². The lowest BCUT2D eigenvalue weighted by Gasteiger charge is -2.11. The Morgan fingerprint density at radius 2 is 2.14 bits per heavy atom. The van der Waals surface area contributed by atoms with Crippen molar-refractivity contribution >= 4 is 45.6 Å². The summed E-state index contributed by atoms with van der Waals surface area (Å²) in [5, 5.41) is 15.6. The first-order valence-corrected chi connectivity index (χ1v) is 10.8. The molecule has 1 amide bonds. The molecule has 0 bridgehead atoms. The third-order valence-electron chi connectivity index (χ3n) is 4.46. The van der Waals surface area contributed by atoms with E-state index < -0.39 is 18.0 Å². The first-order valence-electron chi connectivity index (χ1n) is 9.14. The van der Waals surface area contributed by atoms with Crippen LogP contribution < -0.4 is 5.32 Å². The van der Waals surface area contributed by atoms with Crippen LogP contribution in [-0.4, -0.2) is 23.0 Å². The van der Waals surface area contributed by atoms with Crippen molar-refractivity contribution in [1.82, 2.24) is 4.98 Å². The molecule has 1 aliphatic rings. The zero-order valence-electron chi connectivity index (χ0n) is 15.8. The number of aromatic nitrogens is 1. The molecular weight excluding hydrogens is 394 g/mol. The van der Waals surface area contributed by atoms with E-state index in [4.69, 9.17) is 4.74 Å². The number of rotatable bonds is 5. The summed E-state index contributed by atoms with van der Waals surface area (Å²) < 4.78 is 5.17. The third kappa shape index (κ3) is 4.86. The van der Waals surface area contributed by atoms with Gasteiger partial charge in [-0.1, -0.05) is 6.42 Å². The van der Waals surface area contributed by atoms with E-state index in [0.717, 1.165) is 42.7 Å². The molecule has 28 heavy (non-hydrogen) atoms. The molecule has 0 radical (unpaired) electrons. The fourth-order valence-corrected chi connectivity index (χ4v) is 4.86. The minimum absolute atomic E-state index is 0.445. The number of anilines is 1. The molecule has 3 rings (SSSR count). The molecule has 1 atom stereocenters. The molecule has 0 spiro atoms. The van der Waals surface area contributed by atoms with Crippen molar-refractivity contribution in [2.24, 2.45) is 0 Å². The number of thiophene rings is 1. The van der Waals surface area contributed by atoms with Gasteiger partial charge in [-0.3, -0.25) is 4.79 Å². The van der Waals surface area contributed by atoms with Crippen molar-refractivity contribution in [3.63, 3.8) is 0 Å². The molecule has 1 unspecified atom stereocenters. The lowest BCUT2D eigenvalue weighted by Crippen LogP contribution is -2.29. The summed E-state index contributed by atoms with van der Waals surface area (Å²) >= 11 is 2.95. The second kappa shape index (κ2) is 9.13. The molecule has 0 saturated heterocycles. The maximum absolute atomic E-state index is 12.4. The number of hydrogen-bond donors (Lipinski definition) is 1. The fraction of sp³-hybridized carbons (Fsp3) is 0.400. The van der Waals surface area contributed by atoms with E-state index in [1.54, 1.807) is 6.08 Å². The number of amides is 1. The van der Waals surface area contributed by atoms with E-state index in [2.05, 4.69) is 16.4 Å². The number of esters is 1. The minimum Gasteiger partial charge on any atom is -0.449 e. The van der Waals surface area contributed by atoms with Gasteiger partial charge in [0.05, 0.1) is 16.3 Å². The second-order valence-corrected chi connectivity index (χ2v) is 8.74. The smallest absolute Gasteiger partial charge is 0.331 e. The van der Waals surface area contributed by atoms with Gasteiger partial charge >= 0.3 is 5.97 Å². The Bertz CT molecular complexity index is 953. The van der Waals surface area contributed by atoms with Crippen LogP contribution in [0.5, 0.6) is 0 Å². The van der Waals surface area contributed by atoms with Gasteiger partial charge in [0.25, 0.3) is 5.91 Å². The summed E-state index contributed by atoms with van der Waals surface area (Å²) in [5.41, 5.74) is 2.29. The van der Waals surface area contributed by atoms with Gasteiger partial charge < -0.3 is 10.1 Å². The van der Waals surface area contributed by atoms with E-state index in [1.165, 1.54) is 40.6 Å². The SMILES string of the molecule is Cc1nc(/C=C/C(=O)OC(C)C(=O)Nc2sc3c(c2C#N)CCCCC3)cs1. The average Bonchev–Trinajstić information content (AvgIpc) is 3.14. The maximum Gasteiger partial charge on any atom is 0.331 e. The highest BCUT2D eigenvalue weighted by Gasteiger charge is 2.23. The molecule has 0 aromatic carbocycles. The van der Waals surface area contributed by atoms with E-state index in [0.29, 0.717) is 16.3 Å². The molecule has 1 N–H and O–H groups in total. The van der Waals surface area contributed by atoms with Crippen LogP contribution in [-0.2, 0) is 27.2 Å². The number of aryl methyl sites for hydroxylation is 2. The summed E-state index contributed by atoms with van der Waals surface area (Å²) in [6, 6.07) is 2.23. The summed E-state index contributed by atoms with van der Waals surface area (Å²) in [7, 11) is 0. The summed E-state index contributed by atoms with van der Waals surface area (Å²) in [6.07, 6.45) is 6.98. The molecule has 2 aromatic heterocycles. The molecule has 0 fully saturated rings. The van der Waals surface area contributed by atoms with Crippen molar-refractivity contribution < 1.29 is 14.3 Å². The Hall–Kier alpha value is -2.50. The van der Waals surface area contributed by atoms with Crippen molar-refractivity contribution in [1.29, 1.82) is 5.26 Å². The highest BCUT2D eigenvalue weighted by Crippen LogP contribution is 2.37. The maximum atomic E-state index is 12.4. The number of fused-ring (bicyclic) bond motifs is 1. The zero-order valence-corrected chi connectivity index (χ0v) is 17.4. The number of nitriles is 1. The van der Waals surface area contributed by atoms with Gasteiger partial charge in [0.2, 0.25) is 0 Å². The standard InChI is InChI=1S/C20H21N3O3S2/c1-12(26-18(24)9-8-14-11-27-13(2)22-14)19(25)23-20-16(10-21)15-6-4-3-5-7-17(15)28-20/h8-9,11-12H,3-7H2,1-2H3,(H,23,25)/b9-8+. The van der Waals surface area contributed by atoms with Crippen LogP contribution >= 0.6 is 22.7 Å². The molecule has 146 valence electrons. The fourth-order valence-electron chi connectivity index (χ4n) is 3.04. The molecule has 0 saturated carbocycles. The lowest BCUT2D eigenvalue weighted by molar-refractivity contribution is -0.148. The topological polar surface area (TPSA) is 92.1 Å². The van der Waals surface area contributed by atoms with Crippen molar-refractivity contribution in [3.8, 4) is 6.07 Å². The van der Waals surface area contributed by atoms with Crippen LogP contribution in [0.4, 0.5) is 5.00 Å². The number of nitrogens with one attached hydrogen (secondary N) is 1. The third-order valence-corrected chi connectivity index (χ3v) is 6.46. The zero-order chi connectivity index (χ0) is 20.1. The highest BCUT2D eigenvalue weighted by atomic mass is 32.1. The Morgan fingerprint density at radius 3 is 2.86 bits per heavy atom. The van der Waals surface area contributed by atoms with E-state index in [9.17, 15) is 14.9 Å². The Balaban J connectivity index is 1.62. The quantitative estimate of drug-likeness (QED) is 0.448. The summed E-state index contributed by atoms with van der Waals surface area (Å²) in [4.78, 5) is 29.8. The molecule has 2 heterocycles. The van der Waals surface area contributed by atoms with Crippen LogP contribution in [0.15, 0.2) is 11.5 Å². The molecule has 1 aliphatic carbocycles. The highest BCUT2D eigenvalue weighted by molar-refractivity contribution is 7.16. The van der Waals surface area contributed by atoms with Crippen LogP contribution in [0.3, 0.4) is 0 Å². The van der Waals surface area contributed by atoms with E-state index >= 15 is 0 Å².